The molecule has 0 spiro atoms. The van der Waals surface area contributed by atoms with Crippen LogP contribution in [0.5, 0.6) is 0 Å². The van der Waals surface area contributed by atoms with E-state index in [1.807, 2.05) is 0 Å². The fourth-order valence-electron chi connectivity index (χ4n) is 2.64. The first-order valence-corrected chi connectivity index (χ1v) is 8.24. The molecule has 106 valence electrons. The SMILES string of the molecule is CCCC1CCN(S(=O)(=O)c2ccccc2F)CC1. The van der Waals surface area contributed by atoms with Crippen LogP contribution in [-0.4, -0.2) is 25.8 Å². The van der Waals surface area contributed by atoms with Gasteiger partial charge in [-0.3, -0.25) is 0 Å². The molecule has 0 N–H and O–H groups in total. The Morgan fingerprint density at radius 2 is 1.89 bits per heavy atom. The van der Waals surface area contributed by atoms with Gasteiger partial charge in [-0.15, -0.1) is 0 Å². The average Bonchev–Trinajstić information content (AvgIpc) is 2.40. The summed E-state index contributed by atoms with van der Waals surface area (Å²) >= 11 is 0. The van der Waals surface area contributed by atoms with E-state index in [2.05, 4.69) is 6.92 Å². The van der Waals surface area contributed by atoms with Crippen LogP contribution < -0.4 is 0 Å². The lowest BCUT2D eigenvalue weighted by atomic mass is 9.94. The van der Waals surface area contributed by atoms with Gasteiger partial charge in [-0.1, -0.05) is 31.9 Å². The maximum atomic E-state index is 13.6. The van der Waals surface area contributed by atoms with Gasteiger partial charge in [0.25, 0.3) is 0 Å². The molecule has 2 rings (SSSR count). The van der Waals surface area contributed by atoms with Gasteiger partial charge >= 0.3 is 0 Å². The summed E-state index contributed by atoms with van der Waals surface area (Å²) in [6, 6.07) is 5.58. The summed E-state index contributed by atoms with van der Waals surface area (Å²) in [6.07, 6.45) is 4.03. The Bertz CT molecular complexity index is 522. The number of rotatable bonds is 4. The second-order valence-corrected chi connectivity index (χ2v) is 6.97. The van der Waals surface area contributed by atoms with Gasteiger partial charge in [-0.25, -0.2) is 12.8 Å². The van der Waals surface area contributed by atoms with Crippen LogP contribution >= 0.6 is 0 Å². The summed E-state index contributed by atoms with van der Waals surface area (Å²) < 4.78 is 39.8. The molecule has 0 amide bonds. The smallest absolute Gasteiger partial charge is 0.207 e. The summed E-state index contributed by atoms with van der Waals surface area (Å²) in [5, 5.41) is 0. The highest BCUT2D eigenvalue weighted by Gasteiger charge is 2.30. The van der Waals surface area contributed by atoms with Crippen molar-refractivity contribution in [3.63, 3.8) is 0 Å². The van der Waals surface area contributed by atoms with Crippen molar-refractivity contribution in [2.75, 3.05) is 13.1 Å². The van der Waals surface area contributed by atoms with Crippen LogP contribution in [0.25, 0.3) is 0 Å². The third-order valence-corrected chi connectivity index (χ3v) is 5.66. The van der Waals surface area contributed by atoms with Crippen molar-refractivity contribution >= 4 is 10.0 Å². The van der Waals surface area contributed by atoms with Crippen LogP contribution in [0.1, 0.15) is 32.6 Å². The molecule has 19 heavy (non-hydrogen) atoms. The number of hydrogen-bond donors (Lipinski definition) is 0. The maximum absolute atomic E-state index is 13.6. The van der Waals surface area contributed by atoms with E-state index in [0.717, 1.165) is 25.7 Å². The predicted octanol–water partition coefficient (Wildman–Crippen LogP) is 3.03. The Labute approximate surface area is 114 Å². The third-order valence-electron chi connectivity index (χ3n) is 3.72. The van der Waals surface area contributed by atoms with E-state index >= 15 is 0 Å². The van der Waals surface area contributed by atoms with Crippen molar-refractivity contribution in [1.29, 1.82) is 0 Å². The summed E-state index contributed by atoms with van der Waals surface area (Å²) in [7, 11) is -3.67. The van der Waals surface area contributed by atoms with Crippen molar-refractivity contribution in [2.45, 2.75) is 37.5 Å². The molecule has 0 radical (unpaired) electrons. The van der Waals surface area contributed by atoms with Gasteiger partial charge in [0.05, 0.1) is 0 Å². The first-order valence-electron chi connectivity index (χ1n) is 6.80. The highest BCUT2D eigenvalue weighted by atomic mass is 32.2. The van der Waals surface area contributed by atoms with Gasteiger partial charge in [0.15, 0.2) is 0 Å². The Balaban J connectivity index is 2.12. The lowest BCUT2D eigenvalue weighted by Gasteiger charge is -2.31. The van der Waals surface area contributed by atoms with Crippen LogP contribution in [-0.2, 0) is 10.0 Å². The van der Waals surface area contributed by atoms with Crippen LogP contribution in [0.3, 0.4) is 0 Å². The molecule has 0 atom stereocenters. The molecule has 0 bridgehead atoms. The molecule has 0 aliphatic carbocycles. The molecule has 5 heteroatoms. The van der Waals surface area contributed by atoms with Gasteiger partial charge in [0.2, 0.25) is 10.0 Å². The molecule has 3 nitrogen and oxygen atoms in total. The first-order chi connectivity index (χ1) is 9.05. The standard InChI is InChI=1S/C14H20FNO2S/c1-2-5-12-8-10-16(11-9-12)19(17,18)14-7-4-3-6-13(14)15/h3-4,6-7,12H,2,5,8-11H2,1H3. The molecule has 0 saturated carbocycles. The van der Waals surface area contributed by atoms with Crippen LogP contribution in [0.15, 0.2) is 29.2 Å². The van der Waals surface area contributed by atoms with Gasteiger partial charge in [-0.05, 0) is 30.9 Å². The minimum Gasteiger partial charge on any atom is -0.207 e. The van der Waals surface area contributed by atoms with Gasteiger partial charge < -0.3 is 0 Å². The number of hydrogen-bond acceptors (Lipinski definition) is 2. The number of benzene rings is 1. The van der Waals surface area contributed by atoms with Crippen LogP contribution in [0.2, 0.25) is 0 Å². The molecule has 1 heterocycles. The van der Waals surface area contributed by atoms with Crippen molar-refractivity contribution in [2.24, 2.45) is 5.92 Å². The fraction of sp³-hybridized carbons (Fsp3) is 0.571. The second-order valence-electron chi connectivity index (χ2n) is 5.07. The molecule has 1 aliphatic heterocycles. The quantitative estimate of drug-likeness (QED) is 0.852. The van der Waals surface area contributed by atoms with E-state index in [4.69, 9.17) is 0 Å². The van der Waals surface area contributed by atoms with Crippen molar-refractivity contribution < 1.29 is 12.8 Å². The monoisotopic (exact) mass is 285 g/mol. The lowest BCUT2D eigenvalue weighted by molar-refractivity contribution is 0.262. The Hall–Kier alpha value is -0.940. The Morgan fingerprint density at radius 3 is 2.47 bits per heavy atom. The van der Waals surface area contributed by atoms with Crippen molar-refractivity contribution in [3.05, 3.63) is 30.1 Å². The highest BCUT2D eigenvalue weighted by Crippen LogP contribution is 2.27. The van der Waals surface area contributed by atoms with E-state index in [0.29, 0.717) is 19.0 Å². The first kappa shape index (κ1) is 14.5. The molecule has 1 aliphatic rings. The van der Waals surface area contributed by atoms with E-state index < -0.39 is 15.8 Å². The summed E-state index contributed by atoms with van der Waals surface area (Å²) in [6.45, 7) is 3.14. The molecule has 0 aromatic heterocycles. The average molecular weight is 285 g/mol. The number of nitrogens with zero attached hydrogens (tertiary/aromatic N) is 1. The molecular formula is C14H20FNO2S. The van der Waals surface area contributed by atoms with E-state index in [9.17, 15) is 12.8 Å². The summed E-state index contributed by atoms with van der Waals surface area (Å²) in [5.41, 5.74) is 0. The topological polar surface area (TPSA) is 37.4 Å². The Kier molecular flexibility index (Phi) is 4.58. The van der Waals surface area contributed by atoms with E-state index in [1.165, 1.54) is 22.5 Å². The highest BCUT2D eigenvalue weighted by molar-refractivity contribution is 7.89. The lowest BCUT2D eigenvalue weighted by Crippen LogP contribution is -2.38. The van der Waals surface area contributed by atoms with E-state index in [1.54, 1.807) is 6.07 Å². The van der Waals surface area contributed by atoms with Crippen molar-refractivity contribution in [1.82, 2.24) is 4.31 Å². The normalized spacial score (nSPS) is 18.6. The van der Waals surface area contributed by atoms with E-state index in [-0.39, 0.29) is 4.90 Å². The molecule has 1 aromatic rings. The molecule has 1 saturated heterocycles. The zero-order valence-electron chi connectivity index (χ0n) is 11.2. The van der Waals surface area contributed by atoms with Crippen molar-refractivity contribution in [3.8, 4) is 0 Å². The van der Waals surface area contributed by atoms with Gasteiger partial charge in [0.1, 0.15) is 10.7 Å². The minimum absolute atomic E-state index is 0.205. The second kappa shape index (κ2) is 6.01. The molecule has 0 unspecified atom stereocenters. The maximum Gasteiger partial charge on any atom is 0.245 e. The summed E-state index contributed by atoms with van der Waals surface area (Å²) in [4.78, 5) is -0.205. The summed E-state index contributed by atoms with van der Waals surface area (Å²) in [5.74, 6) is -0.0600. The zero-order valence-corrected chi connectivity index (χ0v) is 12.0. The van der Waals surface area contributed by atoms with Crippen LogP contribution in [0, 0.1) is 11.7 Å². The number of sulfonamides is 1. The fourth-order valence-corrected chi connectivity index (χ4v) is 4.17. The van der Waals surface area contributed by atoms with Gasteiger partial charge in [-0.2, -0.15) is 4.31 Å². The van der Waals surface area contributed by atoms with Gasteiger partial charge in [0, 0.05) is 13.1 Å². The Morgan fingerprint density at radius 1 is 1.26 bits per heavy atom. The number of piperidine rings is 1. The van der Waals surface area contributed by atoms with Crippen LogP contribution in [0.4, 0.5) is 4.39 Å². The zero-order chi connectivity index (χ0) is 13.9. The molecular weight excluding hydrogens is 265 g/mol. The number of halogens is 1. The predicted molar refractivity (Wildman–Crippen MR) is 72.8 cm³/mol. The third kappa shape index (κ3) is 3.15. The minimum atomic E-state index is -3.67. The molecule has 1 fully saturated rings. The molecule has 1 aromatic carbocycles. The largest absolute Gasteiger partial charge is 0.245 e.